The molecule has 6 nitrogen and oxygen atoms in total. The predicted molar refractivity (Wildman–Crippen MR) is 95.8 cm³/mol. The Morgan fingerprint density at radius 1 is 1.19 bits per heavy atom. The second kappa shape index (κ2) is 6.44. The van der Waals surface area contributed by atoms with Gasteiger partial charge in [0.1, 0.15) is 12.1 Å². The van der Waals surface area contributed by atoms with Gasteiger partial charge < -0.3 is 9.64 Å². The van der Waals surface area contributed by atoms with Crippen LogP contribution in [0.5, 0.6) is 0 Å². The Morgan fingerprint density at radius 3 is 2.73 bits per heavy atom. The summed E-state index contributed by atoms with van der Waals surface area (Å²) in [5.74, 6) is -0.0519. The van der Waals surface area contributed by atoms with E-state index in [4.69, 9.17) is 4.74 Å². The maximum atomic E-state index is 12.9. The quantitative estimate of drug-likeness (QED) is 0.851. The van der Waals surface area contributed by atoms with Crippen LogP contribution >= 0.6 is 0 Å². The number of carbonyl (C=O) groups is 2. The maximum Gasteiger partial charge on any atom is 0.410 e. The lowest BCUT2D eigenvalue weighted by Gasteiger charge is -2.44. The number of hydrogen-bond acceptors (Lipinski definition) is 4. The van der Waals surface area contributed by atoms with Gasteiger partial charge in [0, 0.05) is 37.9 Å². The summed E-state index contributed by atoms with van der Waals surface area (Å²) in [4.78, 5) is 32.9. The molecule has 0 bridgehead atoms. The highest BCUT2D eigenvalue weighted by Crippen LogP contribution is 2.32. The second-order valence-electron chi connectivity index (χ2n) is 7.01. The molecule has 2 amide bonds. The van der Waals surface area contributed by atoms with Gasteiger partial charge in [0.05, 0.1) is 5.56 Å². The molecule has 0 aliphatic carbocycles. The smallest absolute Gasteiger partial charge is 0.410 e. The Balaban J connectivity index is 1.59. The van der Waals surface area contributed by atoms with E-state index in [0.717, 1.165) is 11.3 Å². The Kier molecular flexibility index (Phi) is 4.11. The topological polar surface area (TPSA) is 62.7 Å². The molecule has 6 heteroatoms. The van der Waals surface area contributed by atoms with E-state index in [1.165, 1.54) is 0 Å². The first-order chi connectivity index (χ1) is 12.6. The van der Waals surface area contributed by atoms with Crippen LogP contribution in [0.3, 0.4) is 0 Å². The van der Waals surface area contributed by atoms with Gasteiger partial charge in [0.25, 0.3) is 5.91 Å². The molecule has 3 heterocycles. The number of carbonyl (C=O) groups excluding carboxylic acids is 2. The van der Waals surface area contributed by atoms with Crippen LogP contribution in [0, 0.1) is 6.92 Å². The summed E-state index contributed by atoms with van der Waals surface area (Å²) in [6, 6.07) is 13.7. The van der Waals surface area contributed by atoms with Gasteiger partial charge in [-0.05, 0) is 24.6 Å². The Hall–Kier alpha value is -2.89. The van der Waals surface area contributed by atoms with Crippen LogP contribution < -0.4 is 0 Å². The number of cyclic esters (lactones) is 1. The number of amides is 2. The molecule has 2 fully saturated rings. The van der Waals surface area contributed by atoms with E-state index < -0.39 is 5.54 Å². The van der Waals surface area contributed by atoms with Crippen molar-refractivity contribution in [3.63, 3.8) is 0 Å². The third-order valence-corrected chi connectivity index (χ3v) is 5.16. The molecule has 0 N–H and O–H groups in total. The number of aryl methyl sites for hydroxylation is 1. The van der Waals surface area contributed by atoms with Crippen LogP contribution in [0.15, 0.2) is 48.7 Å². The van der Waals surface area contributed by atoms with E-state index in [1.807, 2.05) is 48.2 Å². The number of benzene rings is 1. The van der Waals surface area contributed by atoms with Crippen LogP contribution in [0.1, 0.15) is 21.6 Å². The fourth-order valence-corrected chi connectivity index (χ4v) is 3.79. The number of piperazine rings is 1. The van der Waals surface area contributed by atoms with Crippen molar-refractivity contribution in [3.8, 4) is 0 Å². The number of pyridine rings is 1. The summed E-state index contributed by atoms with van der Waals surface area (Å²) in [6.07, 6.45) is 1.99. The molecular weight excluding hydrogens is 330 g/mol. The Bertz CT molecular complexity index is 822. The van der Waals surface area contributed by atoms with Crippen LogP contribution in [-0.4, -0.2) is 58.6 Å². The van der Waals surface area contributed by atoms with Crippen molar-refractivity contribution in [1.82, 2.24) is 14.8 Å². The number of ether oxygens (including phenoxy) is 1. The molecule has 26 heavy (non-hydrogen) atoms. The molecule has 1 aromatic heterocycles. The van der Waals surface area contributed by atoms with Gasteiger partial charge in [-0.15, -0.1) is 0 Å². The maximum absolute atomic E-state index is 12.9. The summed E-state index contributed by atoms with van der Waals surface area (Å²) in [7, 11) is 0. The van der Waals surface area contributed by atoms with Crippen molar-refractivity contribution >= 4 is 12.0 Å². The van der Waals surface area contributed by atoms with Gasteiger partial charge in [0.2, 0.25) is 0 Å². The lowest BCUT2D eigenvalue weighted by Crippen LogP contribution is -2.63. The average Bonchev–Trinajstić information content (AvgIpc) is 2.98. The molecular formula is C20H21N3O3. The van der Waals surface area contributed by atoms with Crippen LogP contribution in [-0.2, 0) is 11.2 Å². The standard InChI is InChI=1S/C20H21N3O3/c1-15-7-8-17(12-21-15)18(24)22-9-10-23-19(25)26-14-20(23,13-22)11-16-5-3-2-4-6-16/h2-8,12H,9-11,13-14H2,1H3. The van der Waals surface area contributed by atoms with E-state index in [9.17, 15) is 9.59 Å². The van der Waals surface area contributed by atoms with Gasteiger partial charge in [0.15, 0.2) is 0 Å². The molecule has 2 aromatic rings. The van der Waals surface area contributed by atoms with Crippen molar-refractivity contribution in [2.24, 2.45) is 0 Å². The predicted octanol–water partition coefficient (Wildman–Crippen LogP) is 2.28. The van der Waals surface area contributed by atoms with Gasteiger partial charge in [-0.25, -0.2) is 4.79 Å². The summed E-state index contributed by atoms with van der Waals surface area (Å²) >= 11 is 0. The van der Waals surface area contributed by atoms with E-state index in [2.05, 4.69) is 4.98 Å². The first-order valence-electron chi connectivity index (χ1n) is 8.78. The Labute approximate surface area is 152 Å². The van der Waals surface area contributed by atoms with E-state index >= 15 is 0 Å². The summed E-state index contributed by atoms with van der Waals surface area (Å²) in [6.45, 7) is 3.63. The fraction of sp³-hybridized carbons (Fsp3) is 0.350. The number of rotatable bonds is 3. The molecule has 134 valence electrons. The largest absolute Gasteiger partial charge is 0.447 e. The number of hydrogen-bond donors (Lipinski definition) is 0. The summed E-state index contributed by atoms with van der Waals surface area (Å²) in [5.41, 5.74) is 2.07. The zero-order chi connectivity index (χ0) is 18.1. The highest BCUT2D eigenvalue weighted by molar-refractivity contribution is 5.94. The molecule has 0 radical (unpaired) electrons. The first-order valence-corrected chi connectivity index (χ1v) is 8.78. The molecule has 4 rings (SSSR count). The van der Waals surface area contributed by atoms with Crippen LogP contribution in [0.4, 0.5) is 4.79 Å². The van der Waals surface area contributed by atoms with E-state index in [-0.39, 0.29) is 12.0 Å². The van der Waals surface area contributed by atoms with Gasteiger partial charge >= 0.3 is 6.09 Å². The lowest BCUT2D eigenvalue weighted by molar-refractivity contribution is 0.0375. The Morgan fingerprint density at radius 2 is 2.00 bits per heavy atom. The zero-order valence-electron chi connectivity index (χ0n) is 14.7. The van der Waals surface area contributed by atoms with Gasteiger partial charge in [-0.2, -0.15) is 0 Å². The molecule has 1 aromatic carbocycles. The molecule has 2 aliphatic rings. The SMILES string of the molecule is Cc1ccc(C(=O)N2CCN3C(=O)OCC3(Cc3ccccc3)C2)cn1. The molecule has 1 unspecified atom stereocenters. The minimum Gasteiger partial charge on any atom is -0.447 e. The van der Waals surface area contributed by atoms with Crippen LogP contribution in [0.25, 0.3) is 0 Å². The third kappa shape index (κ3) is 2.92. The summed E-state index contributed by atoms with van der Waals surface area (Å²) in [5, 5.41) is 0. The monoisotopic (exact) mass is 351 g/mol. The first kappa shape index (κ1) is 16.6. The van der Waals surface area contributed by atoms with Crippen molar-refractivity contribution < 1.29 is 14.3 Å². The lowest BCUT2D eigenvalue weighted by atomic mass is 9.88. The van der Waals surface area contributed by atoms with Gasteiger partial charge in [-0.1, -0.05) is 30.3 Å². The van der Waals surface area contributed by atoms with Crippen LogP contribution in [0.2, 0.25) is 0 Å². The number of aromatic nitrogens is 1. The molecule has 0 spiro atoms. The molecule has 2 aliphatic heterocycles. The molecule has 2 saturated heterocycles. The third-order valence-electron chi connectivity index (χ3n) is 5.16. The van der Waals surface area contributed by atoms with Crippen molar-refractivity contribution in [3.05, 3.63) is 65.5 Å². The number of nitrogens with zero attached hydrogens (tertiary/aromatic N) is 3. The van der Waals surface area contributed by atoms with Crippen molar-refractivity contribution in [1.29, 1.82) is 0 Å². The second-order valence-corrected chi connectivity index (χ2v) is 7.01. The van der Waals surface area contributed by atoms with Crippen molar-refractivity contribution in [2.45, 2.75) is 18.9 Å². The minimum atomic E-state index is -0.509. The number of fused-ring (bicyclic) bond motifs is 1. The van der Waals surface area contributed by atoms with E-state index in [0.29, 0.717) is 38.2 Å². The highest BCUT2D eigenvalue weighted by atomic mass is 16.6. The fourth-order valence-electron chi connectivity index (χ4n) is 3.79. The minimum absolute atomic E-state index is 0.0519. The normalized spacial score (nSPS) is 22.1. The van der Waals surface area contributed by atoms with Gasteiger partial charge in [-0.3, -0.25) is 14.7 Å². The summed E-state index contributed by atoms with van der Waals surface area (Å²) < 4.78 is 5.36. The highest BCUT2D eigenvalue weighted by Gasteiger charge is 2.51. The zero-order valence-corrected chi connectivity index (χ0v) is 14.7. The van der Waals surface area contributed by atoms with E-state index in [1.54, 1.807) is 17.2 Å². The molecule has 1 atom stereocenters. The van der Waals surface area contributed by atoms with Crippen molar-refractivity contribution in [2.75, 3.05) is 26.2 Å². The average molecular weight is 351 g/mol. The molecule has 0 saturated carbocycles.